The van der Waals surface area contributed by atoms with Crippen LogP contribution in [0.1, 0.15) is 31.9 Å². The molecule has 34 heavy (non-hydrogen) atoms. The van der Waals surface area contributed by atoms with Gasteiger partial charge in [-0.2, -0.15) is 0 Å². The molecule has 0 atom stereocenters. The first-order chi connectivity index (χ1) is 16.3. The summed E-state index contributed by atoms with van der Waals surface area (Å²) in [5.74, 6) is 1.53. The lowest BCUT2D eigenvalue weighted by atomic mass is 9.85. The highest BCUT2D eigenvalue weighted by Gasteiger charge is 2.27. The third kappa shape index (κ3) is 4.40. The van der Waals surface area contributed by atoms with Gasteiger partial charge in [0.25, 0.3) is 0 Å². The SMILES string of the molecule is COc1cc(F)ccc1-c1ccc2c(c1CNc1c(OC)cccc1OC)C(C)=CC(C)(C)N2. The Bertz CT molecular complexity index is 1230. The molecular formula is C28H31FN2O3. The van der Waals surface area contributed by atoms with Gasteiger partial charge in [0.15, 0.2) is 0 Å². The van der Waals surface area contributed by atoms with E-state index in [1.54, 1.807) is 27.4 Å². The fourth-order valence-corrected chi connectivity index (χ4v) is 4.72. The number of hydrogen-bond donors (Lipinski definition) is 2. The number of hydrogen-bond acceptors (Lipinski definition) is 5. The molecule has 178 valence electrons. The van der Waals surface area contributed by atoms with E-state index in [4.69, 9.17) is 14.2 Å². The molecule has 0 aromatic heterocycles. The highest BCUT2D eigenvalue weighted by molar-refractivity contribution is 5.88. The number of allylic oxidation sites excluding steroid dienone is 1. The van der Waals surface area contributed by atoms with Crippen molar-refractivity contribution in [3.8, 4) is 28.4 Å². The van der Waals surface area contributed by atoms with Crippen molar-refractivity contribution in [2.75, 3.05) is 32.0 Å². The normalized spacial score (nSPS) is 13.9. The maximum Gasteiger partial charge on any atom is 0.145 e. The number of anilines is 2. The zero-order valence-corrected chi connectivity index (χ0v) is 20.5. The first kappa shape index (κ1) is 23.5. The van der Waals surface area contributed by atoms with Crippen LogP contribution in [0.2, 0.25) is 0 Å². The molecular weight excluding hydrogens is 431 g/mol. The molecule has 6 heteroatoms. The summed E-state index contributed by atoms with van der Waals surface area (Å²) in [4.78, 5) is 0. The van der Waals surface area contributed by atoms with Crippen LogP contribution < -0.4 is 24.8 Å². The van der Waals surface area contributed by atoms with E-state index in [-0.39, 0.29) is 11.4 Å². The van der Waals surface area contributed by atoms with E-state index in [0.29, 0.717) is 23.8 Å². The van der Waals surface area contributed by atoms with Crippen LogP contribution in [0.25, 0.3) is 16.7 Å². The highest BCUT2D eigenvalue weighted by atomic mass is 19.1. The Hall–Kier alpha value is -3.67. The van der Waals surface area contributed by atoms with E-state index in [1.165, 1.54) is 17.7 Å². The van der Waals surface area contributed by atoms with E-state index in [1.807, 2.05) is 18.2 Å². The molecule has 1 aliphatic rings. The molecule has 3 aromatic carbocycles. The smallest absolute Gasteiger partial charge is 0.145 e. The number of para-hydroxylation sites is 1. The molecule has 0 bridgehead atoms. The number of halogens is 1. The fourth-order valence-electron chi connectivity index (χ4n) is 4.72. The molecule has 0 saturated heterocycles. The molecule has 0 aliphatic carbocycles. The van der Waals surface area contributed by atoms with Gasteiger partial charge in [-0.1, -0.05) is 18.2 Å². The van der Waals surface area contributed by atoms with Crippen LogP contribution in [-0.4, -0.2) is 26.9 Å². The Morgan fingerprint density at radius 1 is 0.882 bits per heavy atom. The molecule has 5 nitrogen and oxygen atoms in total. The van der Waals surface area contributed by atoms with Crippen LogP contribution >= 0.6 is 0 Å². The van der Waals surface area contributed by atoms with Crippen LogP contribution in [0.15, 0.2) is 54.6 Å². The van der Waals surface area contributed by atoms with Gasteiger partial charge in [-0.05, 0) is 67.8 Å². The average Bonchev–Trinajstić information content (AvgIpc) is 2.81. The second-order valence-corrected chi connectivity index (χ2v) is 8.92. The number of rotatable bonds is 7. The summed E-state index contributed by atoms with van der Waals surface area (Å²) in [5, 5.41) is 7.15. The monoisotopic (exact) mass is 462 g/mol. The lowest BCUT2D eigenvalue weighted by Crippen LogP contribution is -2.32. The Morgan fingerprint density at radius 3 is 2.18 bits per heavy atom. The predicted molar refractivity (Wildman–Crippen MR) is 137 cm³/mol. The van der Waals surface area contributed by atoms with Crippen LogP contribution in [0.4, 0.5) is 15.8 Å². The molecule has 0 unspecified atom stereocenters. The van der Waals surface area contributed by atoms with Crippen LogP contribution in [-0.2, 0) is 6.54 Å². The van der Waals surface area contributed by atoms with Gasteiger partial charge in [0, 0.05) is 29.4 Å². The van der Waals surface area contributed by atoms with Gasteiger partial charge in [-0.15, -0.1) is 0 Å². The minimum absolute atomic E-state index is 0.164. The summed E-state index contributed by atoms with van der Waals surface area (Å²) >= 11 is 0. The minimum Gasteiger partial charge on any atom is -0.496 e. The quantitative estimate of drug-likeness (QED) is 0.407. The van der Waals surface area contributed by atoms with E-state index in [9.17, 15) is 4.39 Å². The third-order valence-corrected chi connectivity index (χ3v) is 6.06. The molecule has 0 saturated carbocycles. The van der Waals surface area contributed by atoms with Gasteiger partial charge in [-0.3, -0.25) is 0 Å². The summed E-state index contributed by atoms with van der Waals surface area (Å²) in [5.41, 5.74) is 6.80. The van der Waals surface area contributed by atoms with Crippen LogP contribution in [0.5, 0.6) is 17.2 Å². The fraction of sp³-hybridized carbons (Fsp3) is 0.286. The molecule has 4 rings (SSSR count). The van der Waals surface area contributed by atoms with E-state index < -0.39 is 0 Å². The van der Waals surface area contributed by atoms with Crippen molar-refractivity contribution in [2.45, 2.75) is 32.9 Å². The number of fused-ring (bicyclic) bond motifs is 1. The average molecular weight is 463 g/mol. The van der Waals surface area contributed by atoms with Crippen LogP contribution in [0.3, 0.4) is 0 Å². The van der Waals surface area contributed by atoms with E-state index >= 15 is 0 Å². The first-order valence-electron chi connectivity index (χ1n) is 11.2. The van der Waals surface area contributed by atoms with Gasteiger partial charge >= 0.3 is 0 Å². The zero-order chi connectivity index (χ0) is 24.5. The summed E-state index contributed by atoms with van der Waals surface area (Å²) in [6, 6.07) is 14.5. The Balaban J connectivity index is 1.89. The Labute approximate surface area is 200 Å². The van der Waals surface area contributed by atoms with Crippen molar-refractivity contribution in [3.63, 3.8) is 0 Å². The molecule has 0 fully saturated rings. The molecule has 3 aromatic rings. The number of nitrogens with one attached hydrogen (secondary N) is 2. The van der Waals surface area contributed by atoms with Crippen molar-refractivity contribution in [3.05, 3.63) is 71.6 Å². The van der Waals surface area contributed by atoms with Gasteiger partial charge in [0.1, 0.15) is 28.8 Å². The van der Waals surface area contributed by atoms with Gasteiger partial charge in [-0.25, -0.2) is 4.39 Å². The van der Waals surface area contributed by atoms with Gasteiger partial charge in [0.2, 0.25) is 0 Å². The molecule has 1 heterocycles. The first-order valence-corrected chi connectivity index (χ1v) is 11.2. The van der Waals surface area contributed by atoms with Crippen molar-refractivity contribution < 1.29 is 18.6 Å². The second-order valence-electron chi connectivity index (χ2n) is 8.92. The Morgan fingerprint density at radius 2 is 1.53 bits per heavy atom. The topological polar surface area (TPSA) is 51.8 Å². The largest absolute Gasteiger partial charge is 0.496 e. The molecule has 0 radical (unpaired) electrons. The molecule has 2 N–H and O–H groups in total. The minimum atomic E-state index is -0.337. The van der Waals surface area contributed by atoms with Crippen molar-refractivity contribution in [2.24, 2.45) is 0 Å². The molecule has 1 aliphatic heterocycles. The maximum absolute atomic E-state index is 14.0. The third-order valence-electron chi connectivity index (χ3n) is 6.06. The molecule has 0 spiro atoms. The predicted octanol–water partition coefficient (Wildman–Crippen LogP) is 6.74. The van der Waals surface area contributed by atoms with Crippen molar-refractivity contribution in [1.29, 1.82) is 0 Å². The van der Waals surface area contributed by atoms with Crippen LogP contribution in [0, 0.1) is 5.82 Å². The number of methoxy groups -OCH3 is 3. The lowest BCUT2D eigenvalue weighted by molar-refractivity contribution is 0.397. The molecule has 0 amide bonds. The highest BCUT2D eigenvalue weighted by Crippen LogP contribution is 2.43. The van der Waals surface area contributed by atoms with Crippen molar-refractivity contribution in [1.82, 2.24) is 0 Å². The summed E-state index contributed by atoms with van der Waals surface area (Å²) in [6.45, 7) is 6.91. The maximum atomic E-state index is 14.0. The van der Waals surface area contributed by atoms with Gasteiger partial charge < -0.3 is 24.8 Å². The second kappa shape index (κ2) is 9.29. The van der Waals surface area contributed by atoms with E-state index in [2.05, 4.69) is 49.6 Å². The Kier molecular flexibility index (Phi) is 6.42. The van der Waals surface area contributed by atoms with E-state index in [0.717, 1.165) is 33.6 Å². The summed E-state index contributed by atoms with van der Waals surface area (Å²) in [7, 11) is 4.83. The standard InChI is InChI=1S/C28H31FN2O3/c1-17-15-28(2,3)31-22-13-12-19(20-11-10-18(29)14-25(20)34-6)21(26(17)22)16-30-27-23(32-4)8-7-9-24(27)33-5/h7-15,30-31H,16H2,1-6H3. The lowest BCUT2D eigenvalue weighted by Gasteiger charge is -2.33. The number of ether oxygens (including phenoxy) is 3. The zero-order valence-electron chi connectivity index (χ0n) is 20.5. The van der Waals surface area contributed by atoms with Crippen molar-refractivity contribution >= 4 is 16.9 Å². The summed E-state index contributed by atoms with van der Waals surface area (Å²) < 4.78 is 30.7. The number of benzene rings is 3. The van der Waals surface area contributed by atoms with Gasteiger partial charge in [0.05, 0.1) is 26.9 Å². The summed E-state index contributed by atoms with van der Waals surface area (Å²) in [6.07, 6.45) is 2.23.